The summed E-state index contributed by atoms with van der Waals surface area (Å²) in [6, 6.07) is -0.948. The van der Waals surface area contributed by atoms with E-state index in [-0.39, 0.29) is 6.04 Å². The summed E-state index contributed by atoms with van der Waals surface area (Å²) < 4.78 is 0. The van der Waals surface area contributed by atoms with Crippen molar-refractivity contribution in [2.75, 3.05) is 0 Å². The second kappa shape index (κ2) is 5.39. The molecule has 6 heteroatoms. The van der Waals surface area contributed by atoms with E-state index in [0.717, 1.165) is 18.4 Å². The fraction of sp³-hybridized carbons (Fsp3) is 0.667. The van der Waals surface area contributed by atoms with E-state index in [4.69, 9.17) is 10.2 Å². The molecular formula is C12H18N2O4. The molecule has 0 aromatic heterocycles. The Bertz CT molecular complexity index is 380. The lowest BCUT2D eigenvalue weighted by Crippen LogP contribution is -2.49. The van der Waals surface area contributed by atoms with Gasteiger partial charge in [0.1, 0.15) is 12.1 Å². The Morgan fingerprint density at radius 2 is 1.83 bits per heavy atom. The molecule has 0 radical (unpaired) electrons. The summed E-state index contributed by atoms with van der Waals surface area (Å²) in [5.41, 5.74) is 1.08. The zero-order valence-electron chi connectivity index (χ0n) is 10.1. The van der Waals surface area contributed by atoms with Gasteiger partial charge in [0, 0.05) is 6.04 Å². The molecule has 0 aromatic rings. The highest BCUT2D eigenvalue weighted by Crippen LogP contribution is 2.24. The van der Waals surface area contributed by atoms with Gasteiger partial charge in [-0.3, -0.25) is 10.1 Å². The number of carboxylic acid groups (broad SMARTS) is 2. The normalized spacial score (nSPS) is 32.2. The molecule has 100 valence electrons. The van der Waals surface area contributed by atoms with Gasteiger partial charge in [-0.05, 0) is 43.9 Å². The Balaban J connectivity index is 1.96. The maximum Gasteiger partial charge on any atom is 0.326 e. The van der Waals surface area contributed by atoms with E-state index in [1.54, 1.807) is 6.20 Å². The van der Waals surface area contributed by atoms with Crippen LogP contribution in [0.5, 0.6) is 0 Å². The van der Waals surface area contributed by atoms with Crippen LogP contribution in [0.1, 0.15) is 32.1 Å². The number of hydrogen-bond donors (Lipinski definition) is 4. The van der Waals surface area contributed by atoms with Gasteiger partial charge >= 0.3 is 11.9 Å². The summed E-state index contributed by atoms with van der Waals surface area (Å²) in [7, 11) is 0. The SMILES string of the molecule is O=C(O)C1CCC(C2CCCC(C(=O)O)N2)=CN1. The second-order valence-electron chi connectivity index (χ2n) is 4.86. The lowest BCUT2D eigenvalue weighted by molar-refractivity contribution is -0.140. The maximum atomic E-state index is 10.9. The van der Waals surface area contributed by atoms with E-state index in [1.807, 2.05) is 0 Å². The van der Waals surface area contributed by atoms with Gasteiger partial charge in [0.15, 0.2) is 0 Å². The van der Waals surface area contributed by atoms with Crippen LogP contribution in [-0.2, 0) is 9.59 Å². The molecule has 1 fully saturated rings. The maximum absolute atomic E-state index is 10.9. The predicted octanol–water partition coefficient (Wildman–Crippen LogP) is 0.302. The first-order valence-electron chi connectivity index (χ1n) is 6.24. The minimum absolute atomic E-state index is 0.0575. The molecule has 6 nitrogen and oxygen atoms in total. The van der Waals surface area contributed by atoms with Crippen LogP contribution < -0.4 is 10.6 Å². The van der Waals surface area contributed by atoms with Crippen molar-refractivity contribution in [1.82, 2.24) is 10.6 Å². The molecule has 18 heavy (non-hydrogen) atoms. The van der Waals surface area contributed by atoms with Gasteiger partial charge in [0.2, 0.25) is 0 Å². The molecule has 0 bridgehead atoms. The number of carbonyl (C=O) groups is 2. The van der Waals surface area contributed by atoms with Gasteiger partial charge in [-0.15, -0.1) is 0 Å². The molecule has 2 rings (SSSR count). The fourth-order valence-electron chi connectivity index (χ4n) is 2.57. The largest absolute Gasteiger partial charge is 0.480 e. The molecule has 0 aliphatic carbocycles. The van der Waals surface area contributed by atoms with Crippen molar-refractivity contribution in [3.63, 3.8) is 0 Å². The van der Waals surface area contributed by atoms with Crippen LogP contribution in [0.2, 0.25) is 0 Å². The number of rotatable bonds is 3. The van der Waals surface area contributed by atoms with E-state index in [9.17, 15) is 9.59 Å². The van der Waals surface area contributed by atoms with E-state index in [0.29, 0.717) is 19.3 Å². The van der Waals surface area contributed by atoms with Gasteiger partial charge in [-0.25, -0.2) is 4.79 Å². The lowest BCUT2D eigenvalue weighted by atomic mass is 9.89. The third-order valence-electron chi connectivity index (χ3n) is 3.62. The zero-order chi connectivity index (χ0) is 13.1. The average Bonchev–Trinajstić information content (AvgIpc) is 2.39. The number of aliphatic carboxylic acids is 2. The summed E-state index contributed by atoms with van der Waals surface area (Å²) >= 11 is 0. The van der Waals surface area contributed by atoms with E-state index >= 15 is 0 Å². The topological polar surface area (TPSA) is 98.7 Å². The van der Waals surface area contributed by atoms with Crippen LogP contribution in [0, 0.1) is 0 Å². The van der Waals surface area contributed by atoms with Crippen molar-refractivity contribution in [1.29, 1.82) is 0 Å². The summed E-state index contributed by atoms with van der Waals surface area (Å²) in [6.07, 6.45) is 5.45. The minimum atomic E-state index is -0.842. The Labute approximate surface area is 105 Å². The number of nitrogens with one attached hydrogen (secondary N) is 2. The highest BCUT2D eigenvalue weighted by Gasteiger charge is 2.30. The van der Waals surface area contributed by atoms with Crippen LogP contribution in [0.4, 0.5) is 0 Å². The van der Waals surface area contributed by atoms with Gasteiger partial charge in [0.25, 0.3) is 0 Å². The molecule has 2 heterocycles. The number of piperidine rings is 1. The predicted molar refractivity (Wildman–Crippen MR) is 64.1 cm³/mol. The second-order valence-corrected chi connectivity index (χ2v) is 4.86. The molecule has 0 aromatic carbocycles. The quantitative estimate of drug-likeness (QED) is 0.578. The third-order valence-corrected chi connectivity index (χ3v) is 3.62. The first-order valence-corrected chi connectivity index (χ1v) is 6.24. The summed E-state index contributed by atoms with van der Waals surface area (Å²) in [4.78, 5) is 21.7. The van der Waals surface area contributed by atoms with Crippen LogP contribution in [0.3, 0.4) is 0 Å². The van der Waals surface area contributed by atoms with Crippen molar-refractivity contribution in [3.05, 3.63) is 11.8 Å². The summed E-state index contributed by atoms with van der Waals surface area (Å²) in [5.74, 6) is -1.65. The zero-order valence-corrected chi connectivity index (χ0v) is 10.1. The van der Waals surface area contributed by atoms with Crippen LogP contribution >= 0.6 is 0 Å². The van der Waals surface area contributed by atoms with Crippen molar-refractivity contribution >= 4 is 11.9 Å². The van der Waals surface area contributed by atoms with Crippen LogP contribution in [0.25, 0.3) is 0 Å². The van der Waals surface area contributed by atoms with Crippen LogP contribution in [-0.4, -0.2) is 40.3 Å². The Hall–Kier alpha value is -1.56. The molecule has 4 N–H and O–H groups in total. The average molecular weight is 254 g/mol. The summed E-state index contributed by atoms with van der Waals surface area (Å²) in [6.45, 7) is 0. The molecular weight excluding hydrogens is 236 g/mol. The molecule has 0 amide bonds. The van der Waals surface area contributed by atoms with E-state index < -0.39 is 24.0 Å². The van der Waals surface area contributed by atoms with Crippen molar-refractivity contribution in [2.45, 2.75) is 50.2 Å². The summed E-state index contributed by atoms with van der Waals surface area (Å²) in [5, 5.41) is 23.8. The third kappa shape index (κ3) is 2.81. The van der Waals surface area contributed by atoms with Crippen LogP contribution in [0.15, 0.2) is 11.8 Å². The molecule has 3 unspecified atom stereocenters. The molecule has 2 aliphatic rings. The van der Waals surface area contributed by atoms with Gasteiger partial charge in [-0.2, -0.15) is 0 Å². The van der Waals surface area contributed by atoms with Crippen molar-refractivity contribution in [2.24, 2.45) is 0 Å². The van der Waals surface area contributed by atoms with Gasteiger partial charge in [-0.1, -0.05) is 0 Å². The van der Waals surface area contributed by atoms with Crippen molar-refractivity contribution < 1.29 is 19.8 Å². The molecule has 1 saturated heterocycles. The number of hydrogen-bond acceptors (Lipinski definition) is 4. The van der Waals surface area contributed by atoms with E-state index in [1.165, 1.54) is 0 Å². The number of carboxylic acids is 2. The Morgan fingerprint density at radius 1 is 1.11 bits per heavy atom. The Morgan fingerprint density at radius 3 is 2.39 bits per heavy atom. The monoisotopic (exact) mass is 254 g/mol. The standard InChI is InChI=1S/C12H18N2O4/c15-11(16)9-5-4-7(6-13-9)8-2-1-3-10(14-8)12(17)18/h6,8-10,13-14H,1-5H2,(H,15,16)(H,17,18). The molecule has 2 aliphatic heterocycles. The fourth-order valence-corrected chi connectivity index (χ4v) is 2.57. The molecule has 0 spiro atoms. The van der Waals surface area contributed by atoms with Gasteiger partial charge in [0.05, 0.1) is 0 Å². The van der Waals surface area contributed by atoms with Gasteiger partial charge < -0.3 is 15.5 Å². The first-order chi connectivity index (χ1) is 8.58. The smallest absolute Gasteiger partial charge is 0.326 e. The Kier molecular flexibility index (Phi) is 3.86. The lowest BCUT2D eigenvalue weighted by Gasteiger charge is -2.33. The first kappa shape index (κ1) is 12.9. The molecule has 3 atom stereocenters. The van der Waals surface area contributed by atoms with Crippen molar-refractivity contribution in [3.8, 4) is 0 Å². The molecule has 0 saturated carbocycles. The highest BCUT2D eigenvalue weighted by atomic mass is 16.4. The minimum Gasteiger partial charge on any atom is -0.480 e. The van der Waals surface area contributed by atoms with E-state index in [2.05, 4.69) is 10.6 Å². The highest BCUT2D eigenvalue weighted by molar-refractivity contribution is 5.74.